The van der Waals surface area contributed by atoms with Crippen molar-refractivity contribution in [3.05, 3.63) is 0 Å². The molecular weight excluding hydrogens is 240 g/mol. The Morgan fingerprint density at radius 3 is 2.26 bits per heavy atom. The molecule has 1 fully saturated rings. The van der Waals surface area contributed by atoms with E-state index in [0.717, 1.165) is 19.3 Å². The summed E-state index contributed by atoms with van der Waals surface area (Å²) in [5.41, 5.74) is 4.99. The molecule has 19 heavy (non-hydrogen) atoms. The van der Waals surface area contributed by atoms with Gasteiger partial charge in [-0.2, -0.15) is 0 Å². The van der Waals surface area contributed by atoms with Gasteiger partial charge in [0.2, 0.25) is 5.91 Å². The smallest absolute Gasteiger partial charge is 0.240 e. The lowest BCUT2D eigenvalue weighted by atomic mass is 9.92. The average molecular weight is 270 g/mol. The molecule has 0 aromatic heterocycles. The Labute approximate surface area is 117 Å². The fourth-order valence-corrected chi connectivity index (χ4v) is 2.72. The van der Waals surface area contributed by atoms with Crippen molar-refractivity contribution in [2.24, 2.45) is 17.6 Å². The number of nitrogens with two attached hydrogens (primary N) is 1. The van der Waals surface area contributed by atoms with E-state index in [1.807, 2.05) is 13.8 Å². The Balaban J connectivity index is 2.66. The second-order valence-electron chi connectivity index (χ2n) is 6.66. The average Bonchev–Trinajstić information content (AvgIpc) is 3.06. The summed E-state index contributed by atoms with van der Waals surface area (Å²) < 4.78 is 5.92. The topological polar surface area (TPSA) is 64.3 Å². The molecule has 0 spiro atoms. The van der Waals surface area contributed by atoms with Crippen LogP contribution in [0.3, 0.4) is 0 Å². The zero-order chi connectivity index (χ0) is 14.6. The molecule has 1 aliphatic carbocycles. The summed E-state index contributed by atoms with van der Waals surface area (Å²) in [6.45, 7) is 10.9. The van der Waals surface area contributed by atoms with Crippen LogP contribution < -0.4 is 11.1 Å². The number of nitrogens with one attached hydrogen (secondary N) is 1. The first-order valence-corrected chi connectivity index (χ1v) is 7.47. The third kappa shape index (κ3) is 4.77. The van der Waals surface area contributed by atoms with Gasteiger partial charge in [0.1, 0.15) is 5.54 Å². The second kappa shape index (κ2) is 6.71. The van der Waals surface area contributed by atoms with E-state index in [9.17, 15) is 4.79 Å². The lowest BCUT2D eigenvalue weighted by molar-refractivity contribution is -0.130. The quantitative estimate of drug-likeness (QED) is 0.674. The van der Waals surface area contributed by atoms with Gasteiger partial charge in [-0.05, 0) is 51.9 Å². The van der Waals surface area contributed by atoms with Crippen LogP contribution in [0.2, 0.25) is 0 Å². The second-order valence-corrected chi connectivity index (χ2v) is 6.66. The molecule has 2 unspecified atom stereocenters. The van der Waals surface area contributed by atoms with Crippen molar-refractivity contribution in [3.8, 4) is 0 Å². The monoisotopic (exact) mass is 270 g/mol. The molecule has 112 valence electrons. The molecule has 1 aliphatic rings. The zero-order valence-electron chi connectivity index (χ0n) is 13.0. The molecule has 3 N–H and O–H groups in total. The molecule has 0 bridgehead atoms. The fourth-order valence-electron chi connectivity index (χ4n) is 2.72. The van der Waals surface area contributed by atoms with Crippen molar-refractivity contribution in [2.75, 3.05) is 6.61 Å². The van der Waals surface area contributed by atoms with Crippen molar-refractivity contribution in [1.82, 2.24) is 5.32 Å². The molecule has 0 aliphatic heterocycles. The first-order chi connectivity index (χ1) is 8.78. The number of rotatable bonds is 9. The SMILES string of the molecule is CC(C)CC(C)OCC(NC(C)C)(C(N)=O)C1CC1. The fraction of sp³-hybridized carbons (Fsp3) is 0.933. The predicted octanol–water partition coefficient (Wildman–Crippen LogP) is 2.07. The minimum absolute atomic E-state index is 0.159. The number of hydrogen-bond donors (Lipinski definition) is 2. The van der Waals surface area contributed by atoms with Crippen molar-refractivity contribution >= 4 is 5.91 Å². The van der Waals surface area contributed by atoms with Gasteiger partial charge in [-0.25, -0.2) is 0 Å². The predicted molar refractivity (Wildman–Crippen MR) is 77.8 cm³/mol. The normalized spacial score (nSPS) is 20.6. The van der Waals surface area contributed by atoms with Gasteiger partial charge in [-0.1, -0.05) is 13.8 Å². The summed E-state index contributed by atoms with van der Waals surface area (Å²) in [6, 6.07) is 0.220. The van der Waals surface area contributed by atoms with Gasteiger partial charge in [0.25, 0.3) is 0 Å². The highest BCUT2D eigenvalue weighted by atomic mass is 16.5. The number of primary amides is 1. The van der Waals surface area contributed by atoms with Crippen LogP contribution in [-0.2, 0) is 9.53 Å². The van der Waals surface area contributed by atoms with Crippen LogP contribution in [0.4, 0.5) is 0 Å². The molecule has 1 rings (SSSR count). The van der Waals surface area contributed by atoms with E-state index in [2.05, 4.69) is 26.1 Å². The molecule has 4 heteroatoms. The van der Waals surface area contributed by atoms with Crippen LogP contribution in [0, 0.1) is 11.8 Å². The van der Waals surface area contributed by atoms with E-state index in [1.54, 1.807) is 0 Å². The first-order valence-electron chi connectivity index (χ1n) is 7.47. The van der Waals surface area contributed by atoms with Gasteiger partial charge >= 0.3 is 0 Å². The molecule has 0 aromatic rings. The molecule has 0 saturated heterocycles. The Morgan fingerprint density at radius 2 is 1.89 bits per heavy atom. The Kier molecular flexibility index (Phi) is 5.81. The van der Waals surface area contributed by atoms with E-state index >= 15 is 0 Å². The summed E-state index contributed by atoms with van der Waals surface area (Å²) in [4.78, 5) is 12.0. The van der Waals surface area contributed by atoms with Crippen LogP contribution in [0.25, 0.3) is 0 Å². The van der Waals surface area contributed by atoms with Crippen molar-refractivity contribution in [3.63, 3.8) is 0 Å². The molecule has 0 heterocycles. The molecule has 2 atom stereocenters. The first kappa shape index (κ1) is 16.4. The van der Waals surface area contributed by atoms with Crippen LogP contribution in [0.5, 0.6) is 0 Å². The standard InChI is InChI=1S/C15H30N2O2/c1-10(2)8-12(5)19-9-15(14(16)18,13-6-7-13)17-11(3)4/h10-13,17H,6-9H2,1-5H3,(H2,16,18). The van der Waals surface area contributed by atoms with E-state index in [4.69, 9.17) is 10.5 Å². The number of ether oxygens (including phenoxy) is 1. The minimum Gasteiger partial charge on any atom is -0.376 e. The largest absolute Gasteiger partial charge is 0.376 e. The zero-order valence-corrected chi connectivity index (χ0v) is 13.0. The van der Waals surface area contributed by atoms with E-state index in [0.29, 0.717) is 18.4 Å². The molecule has 1 saturated carbocycles. The lowest BCUT2D eigenvalue weighted by Gasteiger charge is -2.35. The highest BCUT2D eigenvalue weighted by molar-refractivity contribution is 5.85. The molecule has 4 nitrogen and oxygen atoms in total. The molecule has 0 aromatic carbocycles. The van der Waals surface area contributed by atoms with Crippen LogP contribution in [-0.4, -0.2) is 30.2 Å². The van der Waals surface area contributed by atoms with E-state index in [1.165, 1.54) is 0 Å². The van der Waals surface area contributed by atoms with Gasteiger partial charge in [-0.3, -0.25) is 10.1 Å². The maximum absolute atomic E-state index is 12.0. The van der Waals surface area contributed by atoms with Crippen molar-refractivity contribution < 1.29 is 9.53 Å². The Hall–Kier alpha value is -0.610. The van der Waals surface area contributed by atoms with Gasteiger partial charge in [0.15, 0.2) is 0 Å². The van der Waals surface area contributed by atoms with Gasteiger partial charge in [0, 0.05) is 6.04 Å². The summed E-state index contributed by atoms with van der Waals surface area (Å²) in [5, 5.41) is 3.36. The summed E-state index contributed by atoms with van der Waals surface area (Å²) >= 11 is 0. The number of carbonyl (C=O) groups excluding carboxylic acids is 1. The third-order valence-electron chi connectivity index (χ3n) is 3.66. The van der Waals surface area contributed by atoms with Crippen LogP contribution >= 0.6 is 0 Å². The van der Waals surface area contributed by atoms with Gasteiger partial charge < -0.3 is 10.5 Å². The maximum Gasteiger partial charge on any atom is 0.240 e. The number of hydrogen-bond acceptors (Lipinski definition) is 3. The van der Waals surface area contributed by atoms with Crippen molar-refractivity contribution in [1.29, 1.82) is 0 Å². The lowest BCUT2D eigenvalue weighted by Crippen LogP contribution is -2.62. The van der Waals surface area contributed by atoms with E-state index < -0.39 is 5.54 Å². The summed E-state index contributed by atoms with van der Waals surface area (Å²) in [6.07, 6.45) is 3.28. The minimum atomic E-state index is -0.681. The Morgan fingerprint density at radius 1 is 1.32 bits per heavy atom. The highest BCUT2D eigenvalue weighted by Gasteiger charge is 2.50. The maximum atomic E-state index is 12.0. The van der Waals surface area contributed by atoms with Crippen LogP contribution in [0.15, 0.2) is 0 Å². The number of carbonyl (C=O) groups is 1. The molecule has 0 radical (unpaired) electrons. The van der Waals surface area contributed by atoms with Crippen molar-refractivity contribution in [2.45, 2.75) is 71.6 Å². The van der Waals surface area contributed by atoms with Gasteiger partial charge in [-0.15, -0.1) is 0 Å². The van der Waals surface area contributed by atoms with Gasteiger partial charge in [0.05, 0.1) is 12.7 Å². The summed E-state index contributed by atoms with van der Waals surface area (Å²) in [7, 11) is 0. The highest BCUT2D eigenvalue weighted by Crippen LogP contribution is 2.40. The third-order valence-corrected chi connectivity index (χ3v) is 3.66. The summed E-state index contributed by atoms with van der Waals surface area (Å²) in [5.74, 6) is 0.649. The van der Waals surface area contributed by atoms with Crippen LogP contribution in [0.1, 0.15) is 53.9 Å². The Bertz CT molecular complexity index is 301. The molecule has 1 amide bonds. The van der Waals surface area contributed by atoms with E-state index in [-0.39, 0.29) is 18.1 Å². The molecular formula is C15H30N2O2. The number of amides is 1.